The lowest BCUT2D eigenvalue weighted by Crippen LogP contribution is -2.22. The maximum Gasteiger partial charge on any atom is 0.347 e. The summed E-state index contributed by atoms with van der Waals surface area (Å²) >= 11 is 0. The predicted molar refractivity (Wildman–Crippen MR) is 105 cm³/mol. The van der Waals surface area contributed by atoms with Crippen molar-refractivity contribution in [3.63, 3.8) is 0 Å². The Labute approximate surface area is 171 Å². The zero-order valence-corrected chi connectivity index (χ0v) is 16.0. The molecule has 2 aromatic rings. The lowest BCUT2D eigenvalue weighted by atomic mass is 10.1. The van der Waals surface area contributed by atoms with Crippen LogP contribution < -0.4 is 20.5 Å². The molecule has 0 saturated carbocycles. The molecule has 156 valence electrons. The number of nitrogens with one attached hydrogen (secondary N) is 1. The normalized spacial score (nSPS) is 12.2. The number of benzene rings is 2. The van der Waals surface area contributed by atoms with Crippen molar-refractivity contribution < 1.29 is 33.4 Å². The number of ether oxygens (including phenoxy) is 3. The third-order valence-electron chi connectivity index (χ3n) is 3.99. The van der Waals surface area contributed by atoms with E-state index in [-0.39, 0.29) is 6.79 Å². The molecule has 10 heteroatoms. The molecule has 0 radical (unpaired) electrons. The highest BCUT2D eigenvalue weighted by Gasteiger charge is 2.14. The zero-order chi connectivity index (χ0) is 21.5. The molecule has 30 heavy (non-hydrogen) atoms. The van der Waals surface area contributed by atoms with Crippen LogP contribution in [-0.4, -0.2) is 43.5 Å². The number of nitrogens with two attached hydrogens (primary N) is 1. The molecule has 0 aromatic heterocycles. The number of carbonyl (C=O) groups excluding carboxylic acids is 3. The Kier molecular flexibility index (Phi) is 6.48. The average Bonchev–Trinajstić information content (AvgIpc) is 3.20. The number of carbonyl (C=O) groups is 3. The summed E-state index contributed by atoms with van der Waals surface area (Å²) in [7, 11) is 0. The summed E-state index contributed by atoms with van der Waals surface area (Å²) in [5, 5.41) is 6.38. The molecule has 2 aromatic carbocycles. The van der Waals surface area contributed by atoms with Crippen molar-refractivity contribution in [2.75, 3.05) is 25.3 Å². The van der Waals surface area contributed by atoms with Gasteiger partial charge in [0.15, 0.2) is 18.1 Å². The van der Waals surface area contributed by atoms with Crippen molar-refractivity contribution in [2.45, 2.75) is 6.92 Å². The van der Waals surface area contributed by atoms with Gasteiger partial charge in [-0.15, -0.1) is 0 Å². The minimum Gasteiger partial charge on any atom is -0.454 e. The van der Waals surface area contributed by atoms with Crippen LogP contribution in [0, 0.1) is 0 Å². The van der Waals surface area contributed by atoms with Crippen molar-refractivity contribution >= 4 is 29.2 Å². The van der Waals surface area contributed by atoms with Gasteiger partial charge in [0.25, 0.3) is 5.91 Å². The number of oxime groups is 1. The highest BCUT2D eigenvalue weighted by atomic mass is 16.7. The summed E-state index contributed by atoms with van der Waals surface area (Å²) in [5.74, 6) is -0.611. The number of fused-ring (bicyclic) bond motifs is 1. The van der Waals surface area contributed by atoms with Gasteiger partial charge in [-0.05, 0) is 49.4 Å². The largest absolute Gasteiger partial charge is 0.454 e. The van der Waals surface area contributed by atoms with Gasteiger partial charge in [0.2, 0.25) is 19.3 Å². The second-order valence-corrected chi connectivity index (χ2v) is 6.17. The molecular formula is C20H19N3O7. The highest BCUT2D eigenvalue weighted by Crippen LogP contribution is 2.32. The molecule has 1 heterocycles. The summed E-state index contributed by atoms with van der Waals surface area (Å²) in [6.45, 7) is 0.927. The molecule has 1 aliphatic rings. The van der Waals surface area contributed by atoms with E-state index in [0.29, 0.717) is 28.5 Å². The third kappa shape index (κ3) is 5.47. The zero-order valence-electron chi connectivity index (χ0n) is 16.0. The molecule has 3 rings (SSSR count). The number of esters is 1. The summed E-state index contributed by atoms with van der Waals surface area (Å²) in [4.78, 5) is 39.5. The topological polar surface area (TPSA) is 139 Å². The van der Waals surface area contributed by atoms with Crippen LogP contribution in [-0.2, 0) is 19.2 Å². The number of anilines is 1. The van der Waals surface area contributed by atoms with E-state index in [1.807, 2.05) is 0 Å². The SMILES string of the molecule is C/C(=N/OCC(=O)OCC(=O)Nc1ccc(C(N)=O)cc1)c1ccc2c(c1)OCO2. The molecule has 1 aliphatic heterocycles. The quantitative estimate of drug-likeness (QED) is 0.379. The lowest BCUT2D eigenvalue weighted by Gasteiger charge is -2.07. The second kappa shape index (κ2) is 9.41. The van der Waals surface area contributed by atoms with E-state index in [9.17, 15) is 14.4 Å². The lowest BCUT2D eigenvalue weighted by molar-refractivity contribution is -0.151. The minimum absolute atomic E-state index is 0.170. The van der Waals surface area contributed by atoms with Gasteiger partial charge in [0.05, 0.1) is 5.71 Å². The summed E-state index contributed by atoms with van der Waals surface area (Å²) in [5.41, 5.74) is 7.16. The molecule has 0 bridgehead atoms. The van der Waals surface area contributed by atoms with E-state index in [4.69, 9.17) is 24.8 Å². The monoisotopic (exact) mass is 413 g/mol. The molecule has 10 nitrogen and oxygen atoms in total. The summed E-state index contributed by atoms with van der Waals surface area (Å²) in [6, 6.07) is 11.3. The maximum absolute atomic E-state index is 11.8. The molecule has 0 atom stereocenters. The van der Waals surface area contributed by atoms with Gasteiger partial charge in [-0.25, -0.2) is 4.79 Å². The van der Waals surface area contributed by atoms with Crippen LogP contribution >= 0.6 is 0 Å². The fraction of sp³-hybridized carbons (Fsp3) is 0.200. The van der Waals surface area contributed by atoms with Crippen LogP contribution in [0.3, 0.4) is 0 Å². The Morgan fingerprint density at radius 1 is 1.03 bits per heavy atom. The van der Waals surface area contributed by atoms with Crippen molar-refractivity contribution in [3.8, 4) is 11.5 Å². The Morgan fingerprint density at radius 3 is 2.47 bits per heavy atom. The fourth-order valence-corrected chi connectivity index (χ4v) is 2.46. The molecule has 0 fully saturated rings. The molecule has 3 N–H and O–H groups in total. The number of hydrogen-bond donors (Lipinski definition) is 2. The second-order valence-electron chi connectivity index (χ2n) is 6.17. The Balaban J connectivity index is 1.40. The van der Waals surface area contributed by atoms with Gasteiger partial charge >= 0.3 is 5.97 Å². The van der Waals surface area contributed by atoms with Gasteiger partial charge in [-0.3, -0.25) is 9.59 Å². The summed E-state index contributed by atoms with van der Waals surface area (Å²) in [6.07, 6.45) is 0. The van der Waals surface area contributed by atoms with Gasteiger partial charge in [-0.1, -0.05) is 5.16 Å². The van der Waals surface area contributed by atoms with Gasteiger partial charge in [0, 0.05) is 16.8 Å². The maximum atomic E-state index is 11.8. The van der Waals surface area contributed by atoms with E-state index >= 15 is 0 Å². The number of rotatable bonds is 8. The fourth-order valence-electron chi connectivity index (χ4n) is 2.46. The van der Waals surface area contributed by atoms with E-state index < -0.39 is 31.0 Å². The first kappa shape index (κ1) is 20.6. The van der Waals surface area contributed by atoms with Gasteiger partial charge < -0.3 is 30.1 Å². The molecular weight excluding hydrogens is 394 g/mol. The van der Waals surface area contributed by atoms with Crippen molar-refractivity contribution in [2.24, 2.45) is 10.9 Å². The van der Waals surface area contributed by atoms with Crippen LogP contribution in [0.5, 0.6) is 11.5 Å². The van der Waals surface area contributed by atoms with Crippen LogP contribution in [0.1, 0.15) is 22.8 Å². The average molecular weight is 413 g/mol. The van der Waals surface area contributed by atoms with Crippen molar-refractivity contribution in [1.29, 1.82) is 0 Å². The third-order valence-corrected chi connectivity index (χ3v) is 3.99. The van der Waals surface area contributed by atoms with E-state index in [1.165, 1.54) is 24.3 Å². The first-order valence-corrected chi connectivity index (χ1v) is 8.84. The van der Waals surface area contributed by atoms with Crippen LogP contribution in [0.25, 0.3) is 0 Å². The number of nitrogens with zero attached hydrogens (tertiary/aromatic N) is 1. The van der Waals surface area contributed by atoms with Gasteiger partial charge in [0.1, 0.15) is 0 Å². The molecule has 2 amide bonds. The standard InChI is InChI=1S/C20H19N3O7/c1-12(14-4-7-16-17(8-14)29-11-28-16)23-30-10-19(25)27-9-18(24)22-15-5-2-13(3-6-15)20(21)26/h2-8H,9-11H2,1H3,(H2,21,26)(H,22,24)/b23-12-. The van der Waals surface area contributed by atoms with Crippen LogP contribution in [0.4, 0.5) is 5.69 Å². The number of primary amides is 1. The summed E-state index contributed by atoms with van der Waals surface area (Å²) < 4.78 is 15.4. The Morgan fingerprint density at radius 2 is 1.73 bits per heavy atom. The smallest absolute Gasteiger partial charge is 0.347 e. The van der Waals surface area contributed by atoms with Crippen LogP contribution in [0.2, 0.25) is 0 Å². The van der Waals surface area contributed by atoms with Gasteiger partial charge in [-0.2, -0.15) is 0 Å². The van der Waals surface area contributed by atoms with Crippen molar-refractivity contribution in [1.82, 2.24) is 0 Å². The van der Waals surface area contributed by atoms with Crippen molar-refractivity contribution in [3.05, 3.63) is 53.6 Å². The minimum atomic E-state index is -0.753. The Hall–Kier alpha value is -4.08. The number of amides is 2. The first-order valence-electron chi connectivity index (χ1n) is 8.84. The Bertz CT molecular complexity index is 986. The molecule has 0 spiro atoms. The number of hydrogen-bond acceptors (Lipinski definition) is 8. The highest BCUT2D eigenvalue weighted by molar-refractivity contribution is 5.99. The predicted octanol–water partition coefficient (Wildman–Crippen LogP) is 1.44. The van der Waals surface area contributed by atoms with E-state index in [2.05, 4.69) is 10.5 Å². The molecule has 0 aliphatic carbocycles. The molecule has 0 saturated heterocycles. The van der Waals surface area contributed by atoms with Crippen LogP contribution in [0.15, 0.2) is 47.6 Å². The van der Waals surface area contributed by atoms with E-state index in [1.54, 1.807) is 25.1 Å². The van der Waals surface area contributed by atoms with E-state index in [0.717, 1.165) is 5.56 Å². The molecule has 0 unspecified atom stereocenters. The first-order chi connectivity index (χ1) is 14.4.